The molecule has 0 atom stereocenters. The molecule has 0 fully saturated rings. The number of amides is 1. The average molecular weight is 195 g/mol. The number of hydrogen-bond acceptors (Lipinski definition) is 2. The van der Waals surface area contributed by atoms with Crippen LogP contribution in [0.2, 0.25) is 0 Å². The van der Waals surface area contributed by atoms with Crippen LogP contribution in [0.5, 0.6) is 0 Å². The lowest BCUT2D eigenvalue weighted by atomic mass is 10.2. The molecule has 14 heavy (non-hydrogen) atoms. The van der Waals surface area contributed by atoms with Gasteiger partial charge < -0.3 is 9.73 Å². The van der Waals surface area contributed by atoms with E-state index >= 15 is 0 Å². The van der Waals surface area contributed by atoms with Crippen LogP contribution < -0.4 is 5.32 Å². The smallest absolute Gasteiger partial charge is 0.286 e. The van der Waals surface area contributed by atoms with E-state index in [0.717, 1.165) is 31.6 Å². The van der Waals surface area contributed by atoms with Gasteiger partial charge in [0.15, 0.2) is 5.76 Å². The standard InChI is InChI=1S/C11H17NO2/c1-3-4-5-8-12-11(13)10-7-6-9(2)14-10/h6-7H,3-5,8H2,1-2H3,(H,12,13). The predicted octanol–water partition coefficient (Wildman–Crippen LogP) is 2.51. The molecule has 1 rings (SSSR count). The second kappa shape index (κ2) is 5.47. The molecule has 78 valence electrons. The number of carbonyl (C=O) groups is 1. The molecule has 0 aliphatic carbocycles. The molecular weight excluding hydrogens is 178 g/mol. The van der Waals surface area contributed by atoms with Crippen LogP contribution in [0.1, 0.15) is 42.5 Å². The van der Waals surface area contributed by atoms with Gasteiger partial charge in [-0.05, 0) is 25.5 Å². The first-order valence-corrected chi connectivity index (χ1v) is 5.08. The highest BCUT2D eigenvalue weighted by atomic mass is 16.3. The topological polar surface area (TPSA) is 42.2 Å². The van der Waals surface area contributed by atoms with Crippen molar-refractivity contribution in [2.75, 3.05) is 6.54 Å². The molecule has 0 aromatic carbocycles. The molecule has 1 amide bonds. The van der Waals surface area contributed by atoms with E-state index in [1.165, 1.54) is 0 Å². The summed E-state index contributed by atoms with van der Waals surface area (Å²) in [5.74, 6) is 1.05. The second-order valence-corrected chi connectivity index (χ2v) is 3.37. The summed E-state index contributed by atoms with van der Waals surface area (Å²) in [4.78, 5) is 11.4. The fourth-order valence-corrected chi connectivity index (χ4v) is 1.22. The van der Waals surface area contributed by atoms with E-state index < -0.39 is 0 Å². The Morgan fingerprint density at radius 2 is 2.21 bits per heavy atom. The van der Waals surface area contributed by atoms with E-state index in [4.69, 9.17) is 4.42 Å². The Balaban J connectivity index is 2.29. The largest absolute Gasteiger partial charge is 0.456 e. The first-order chi connectivity index (χ1) is 6.74. The quantitative estimate of drug-likeness (QED) is 0.733. The summed E-state index contributed by atoms with van der Waals surface area (Å²) < 4.78 is 5.19. The Hall–Kier alpha value is -1.25. The number of furan rings is 1. The lowest BCUT2D eigenvalue weighted by Gasteiger charge is -2.01. The minimum absolute atomic E-state index is 0.116. The lowest BCUT2D eigenvalue weighted by molar-refractivity contribution is 0.0924. The van der Waals surface area contributed by atoms with Gasteiger partial charge in [0.05, 0.1) is 0 Å². The van der Waals surface area contributed by atoms with E-state index in [2.05, 4.69) is 12.2 Å². The summed E-state index contributed by atoms with van der Waals surface area (Å²) >= 11 is 0. The van der Waals surface area contributed by atoms with Crippen molar-refractivity contribution in [3.8, 4) is 0 Å². The molecule has 0 aliphatic heterocycles. The van der Waals surface area contributed by atoms with Gasteiger partial charge in [-0.15, -0.1) is 0 Å². The summed E-state index contributed by atoms with van der Waals surface area (Å²) in [5, 5.41) is 2.81. The van der Waals surface area contributed by atoms with Gasteiger partial charge in [-0.3, -0.25) is 4.79 Å². The van der Waals surface area contributed by atoms with Gasteiger partial charge in [0.1, 0.15) is 5.76 Å². The summed E-state index contributed by atoms with van der Waals surface area (Å²) in [5.41, 5.74) is 0. The first-order valence-electron chi connectivity index (χ1n) is 5.08. The maximum absolute atomic E-state index is 11.4. The third-order valence-electron chi connectivity index (χ3n) is 2.03. The van der Waals surface area contributed by atoms with Crippen LogP contribution in [-0.2, 0) is 0 Å². The summed E-state index contributed by atoms with van der Waals surface area (Å²) in [7, 11) is 0. The van der Waals surface area contributed by atoms with Crippen molar-refractivity contribution in [1.82, 2.24) is 5.32 Å². The van der Waals surface area contributed by atoms with Crippen molar-refractivity contribution < 1.29 is 9.21 Å². The Morgan fingerprint density at radius 1 is 1.43 bits per heavy atom. The fourth-order valence-electron chi connectivity index (χ4n) is 1.22. The zero-order valence-corrected chi connectivity index (χ0v) is 8.80. The highest BCUT2D eigenvalue weighted by Crippen LogP contribution is 2.05. The van der Waals surface area contributed by atoms with Gasteiger partial charge in [-0.1, -0.05) is 19.8 Å². The Bertz CT molecular complexity index is 291. The second-order valence-electron chi connectivity index (χ2n) is 3.37. The number of unbranched alkanes of at least 4 members (excludes halogenated alkanes) is 2. The lowest BCUT2D eigenvalue weighted by Crippen LogP contribution is -2.23. The van der Waals surface area contributed by atoms with E-state index in [9.17, 15) is 4.79 Å². The highest BCUT2D eigenvalue weighted by Gasteiger charge is 2.07. The third kappa shape index (κ3) is 3.24. The zero-order chi connectivity index (χ0) is 10.4. The van der Waals surface area contributed by atoms with Crippen LogP contribution in [0.4, 0.5) is 0 Å². The van der Waals surface area contributed by atoms with Gasteiger partial charge in [0.25, 0.3) is 5.91 Å². The molecule has 0 saturated carbocycles. The van der Waals surface area contributed by atoms with Gasteiger partial charge >= 0.3 is 0 Å². The molecule has 0 saturated heterocycles. The number of carbonyl (C=O) groups excluding carboxylic acids is 1. The maximum Gasteiger partial charge on any atom is 0.286 e. The average Bonchev–Trinajstić information content (AvgIpc) is 2.59. The van der Waals surface area contributed by atoms with E-state index in [1.807, 2.05) is 6.92 Å². The summed E-state index contributed by atoms with van der Waals surface area (Å²) in [6.07, 6.45) is 3.34. The Morgan fingerprint density at radius 3 is 2.79 bits per heavy atom. The van der Waals surface area contributed by atoms with Crippen molar-refractivity contribution in [3.05, 3.63) is 23.7 Å². The summed E-state index contributed by atoms with van der Waals surface area (Å²) in [6.45, 7) is 4.69. The fraction of sp³-hybridized carbons (Fsp3) is 0.545. The van der Waals surface area contributed by atoms with Crippen molar-refractivity contribution in [2.45, 2.75) is 33.1 Å². The third-order valence-corrected chi connectivity index (χ3v) is 2.03. The maximum atomic E-state index is 11.4. The van der Waals surface area contributed by atoms with Crippen molar-refractivity contribution >= 4 is 5.91 Å². The van der Waals surface area contributed by atoms with Crippen molar-refractivity contribution in [2.24, 2.45) is 0 Å². The number of aryl methyl sites for hydroxylation is 1. The zero-order valence-electron chi connectivity index (χ0n) is 8.80. The summed E-state index contributed by atoms with van der Waals surface area (Å²) in [6, 6.07) is 3.49. The molecule has 3 heteroatoms. The Kier molecular flexibility index (Phi) is 4.23. The molecule has 1 heterocycles. The molecule has 0 spiro atoms. The molecule has 1 aromatic rings. The highest BCUT2D eigenvalue weighted by molar-refractivity contribution is 5.91. The van der Waals surface area contributed by atoms with Crippen molar-refractivity contribution in [3.63, 3.8) is 0 Å². The Labute approximate surface area is 84.5 Å². The number of hydrogen-bond donors (Lipinski definition) is 1. The van der Waals surface area contributed by atoms with E-state index in [0.29, 0.717) is 5.76 Å². The minimum Gasteiger partial charge on any atom is -0.456 e. The monoisotopic (exact) mass is 195 g/mol. The molecule has 3 nitrogen and oxygen atoms in total. The first kappa shape index (κ1) is 10.8. The minimum atomic E-state index is -0.116. The van der Waals surface area contributed by atoms with Crippen LogP contribution >= 0.6 is 0 Å². The normalized spacial score (nSPS) is 10.1. The molecule has 0 aliphatic rings. The van der Waals surface area contributed by atoms with Crippen LogP contribution in [-0.4, -0.2) is 12.5 Å². The SMILES string of the molecule is CCCCCNC(=O)c1ccc(C)o1. The number of nitrogens with one attached hydrogen (secondary N) is 1. The molecular formula is C11H17NO2. The van der Waals surface area contributed by atoms with Crippen LogP contribution in [0.3, 0.4) is 0 Å². The van der Waals surface area contributed by atoms with Gasteiger partial charge in [0, 0.05) is 6.54 Å². The predicted molar refractivity (Wildman–Crippen MR) is 55.3 cm³/mol. The van der Waals surface area contributed by atoms with Crippen LogP contribution in [0.15, 0.2) is 16.5 Å². The van der Waals surface area contributed by atoms with Gasteiger partial charge in [-0.2, -0.15) is 0 Å². The van der Waals surface area contributed by atoms with Crippen molar-refractivity contribution in [1.29, 1.82) is 0 Å². The van der Waals surface area contributed by atoms with E-state index in [-0.39, 0.29) is 5.91 Å². The van der Waals surface area contributed by atoms with Crippen LogP contribution in [0.25, 0.3) is 0 Å². The molecule has 0 unspecified atom stereocenters. The van der Waals surface area contributed by atoms with E-state index in [1.54, 1.807) is 12.1 Å². The van der Waals surface area contributed by atoms with Gasteiger partial charge in [0.2, 0.25) is 0 Å². The molecule has 0 radical (unpaired) electrons. The molecule has 1 aromatic heterocycles. The van der Waals surface area contributed by atoms with Gasteiger partial charge in [-0.25, -0.2) is 0 Å². The van der Waals surface area contributed by atoms with Crippen LogP contribution in [0, 0.1) is 6.92 Å². The molecule has 1 N–H and O–H groups in total. The molecule has 0 bridgehead atoms. The number of rotatable bonds is 5.